The Kier molecular flexibility index (Phi) is 3.06. The molecular weight excluding hydrogens is 148 g/mol. The molecule has 0 atom stereocenters. The summed E-state index contributed by atoms with van der Waals surface area (Å²) >= 11 is 0. The molecule has 1 aromatic carbocycles. The van der Waals surface area contributed by atoms with Gasteiger partial charge in [0.05, 0.1) is 11.6 Å². The van der Waals surface area contributed by atoms with Gasteiger partial charge in [-0.2, -0.15) is 5.26 Å². The lowest BCUT2D eigenvalue weighted by Gasteiger charge is -1.92. The standard InChI is InChI=1S/C10H10N2/c11-6-2-5-9-3-1-4-10(7-9)8-12/h1-5,7H,6,11H2/b5-2+. The van der Waals surface area contributed by atoms with Crippen LogP contribution in [0.4, 0.5) is 0 Å². The molecule has 0 amide bonds. The average molecular weight is 158 g/mol. The molecule has 2 N–H and O–H groups in total. The highest BCUT2D eigenvalue weighted by Crippen LogP contribution is 2.05. The molecular formula is C10H10N2. The zero-order valence-corrected chi connectivity index (χ0v) is 6.70. The summed E-state index contributed by atoms with van der Waals surface area (Å²) in [7, 11) is 0. The van der Waals surface area contributed by atoms with E-state index in [0.717, 1.165) is 5.56 Å². The van der Waals surface area contributed by atoms with Gasteiger partial charge in [0.15, 0.2) is 0 Å². The summed E-state index contributed by atoms with van der Waals surface area (Å²) in [6, 6.07) is 9.48. The number of nitriles is 1. The van der Waals surface area contributed by atoms with Gasteiger partial charge in [-0.3, -0.25) is 0 Å². The van der Waals surface area contributed by atoms with E-state index in [4.69, 9.17) is 11.0 Å². The summed E-state index contributed by atoms with van der Waals surface area (Å²) in [4.78, 5) is 0. The van der Waals surface area contributed by atoms with Crippen LogP contribution in [-0.2, 0) is 0 Å². The molecule has 0 heterocycles. The molecule has 0 aliphatic carbocycles. The van der Waals surface area contributed by atoms with E-state index in [1.54, 1.807) is 6.07 Å². The molecule has 0 aliphatic heterocycles. The van der Waals surface area contributed by atoms with Crippen molar-refractivity contribution in [2.24, 2.45) is 5.73 Å². The van der Waals surface area contributed by atoms with Gasteiger partial charge in [-0.1, -0.05) is 24.3 Å². The van der Waals surface area contributed by atoms with Gasteiger partial charge in [-0.15, -0.1) is 0 Å². The first-order valence-electron chi connectivity index (χ1n) is 3.73. The molecule has 12 heavy (non-hydrogen) atoms. The van der Waals surface area contributed by atoms with Crippen molar-refractivity contribution < 1.29 is 0 Å². The number of rotatable bonds is 2. The Morgan fingerprint density at radius 2 is 2.33 bits per heavy atom. The van der Waals surface area contributed by atoms with Crippen molar-refractivity contribution in [1.82, 2.24) is 0 Å². The van der Waals surface area contributed by atoms with E-state index < -0.39 is 0 Å². The minimum Gasteiger partial charge on any atom is -0.327 e. The van der Waals surface area contributed by atoms with Gasteiger partial charge >= 0.3 is 0 Å². The van der Waals surface area contributed by atoms with Gasteiger partial charge in [-0.25, -0.2) is 0 Å². The Hall–Kier alpha value is -1.59. The quantitative estimate of drug-likeness (QED) is 0.709. The third kappa shape index (κ3) is 2.22. The van der Waals surface area contributed by atoms with Crippen LogP contribution in [-0.4, -0.2) is 6.54 Å². The third-order valence-corrected chi connectivity index (χ3v) is 1.46. The molecule has 0 bridgehead atoms. The van der Waals surface area contributed by atoms with E-state index in [1.807, 2.05) is 30.4 Å². The molecule has 0 aromatic heterocycles. The Morgan fingerprint density at radius 1 is 1.50 bits per heavy atom. The molecule has 0 radical (unpaired) electrons. The van der Waals surface area contributed by atoms with Crippen LogP contribution in [0.25, 0.3) is 6.08 Å². The first-order valence-corrected chi connectivity index (χ1v) is 3.73. The van der Waals surface area contributed by atoms with Crippen molar-refractivity contribution in [3.05, 3.63) is 41.5 Å². The molecule has 0 spiro atoms. The number of benzene rings is 1. The van der Waals surface area contributed by atoms with E-state index in [2.05, 4.69) is 6.07 Å². The van der Waals surface area contributed by atoms with Crippen LogP contribution in [0, 0.1) is 11.3 Å². The van der Waals surface area contributed by atoms with E-state index in [-0.39, 0.29) is 0 Å². The van der Waals surface area contributed by atoms with Crippen LogP contribution in [0.15, 0.2) is 30.3 Å². The predicted molar refractivity (Wildman–Crippen MR) is 49.2 cm³/mol. The van der Waals surface area contributed by atoms with Crippen LogP contribution in [0.1, 0.15) is 11.1 Å². The smallest absolute Gasteiger partial charge is 0.0991 e. The molecule has 0 fully saturated rings. The van der Waals surface area contributed by atoms with Crippen molar-refractivity contribution in [3.63, 3.8) is 0 Å². The Morgan fingerprint density at radius 3 is 3.00 bits per heavy atom. The maximum atomic E-state index is 8.59. The Labute approximate surface area is 71.9 Å². The molecule has 0 aliphatic rings. The van der Waals surface area contributed by atoms with Crippen molar-refractivity contribution in [1.29, 1.82) is 5.26 Å². The molecule has 0 saturated heterocycles. The lowest BCUT2D eigenvalue weighted by atomic mass is 10.1. The van der Waals surface area contributed by atoms with Gasteiger partial charge < -0.3 is 5.73 Å². The minimum absolute atomic E-state index is 0.525. The lowest BCUT2D eigenvalue weighted by Crippen LogP contribution is -1.91. The second-order valence-electron chi connectivity index (χ2n) is 2.38. The zero-order chi connectivity index (χ0) is 8.81. The summed E-state index contributed by atoms with van der Waals surface area (Å²) in [5.74, 6) is 0. The van der Waals surface area contributed by atoms with Crippen LogP contribution in [0.2, 0.25) is 0 Å². The monoisotopic (exact) mass is 158 g/mol. The highest BCUT2D eigenvalue weighted by atomic mass is 14.5. The van der Waals surface area contributed by atoms with Crippen LogP contribution < -0.4 is 5.73 Å². The molecule has 1 aromatic rings. The number of hydrogen-bond acceptors (Lipinski definition) is 2. The van der Waals surface area contributed by atoms with Gasteiger partial charge in [0.25, 0.3) is 0 Å². The Balaban J connectivity index is 2.88. The summed E-state index contributed by atoms with van der Waals surface area (Å²) in [5.41, 5.74) is 6.98. The first kappa shape index (κ1) is 8.51. The fourth-order valence-corrected chi connectivity index (χ4v) is 0.916. The molecule has 0 saturated carbocycles. The van der Waals surface area contributed by atoms with Crippen molar-refractivity contribution in [2.45, 2.75) is 0 Å². The van der Waals surface area contributed by atoms with Crippen LogP contribution in [0.3, 0.4) is 0 Å². The van der Waals surface area contributed by atoms with Crippen molar-refractivity contribution >= 4 is 6.08 Å². The molecule has 2 heteroatoms. The number of hydrogen-bond donors (Lipinski definition) is 1. The highest BCUT2D eigenvalue weighted by molar-refractivity contribution is 5.52. The molecule has 0 unspecified atom stereocenters. The number of nitrogens with two attached hydrogens (primary N) is 1. The topological polar surface area (TPSA) is 49.8 Å². The Bertz CT molecular complexity index is 321. The van der Waals surface area contributed by atoms with Crippen molar-refractivity contribution in [3.8, 4) is 6.07 Å². The number of nitrogens with zero attached hydrogens (tertiary/aromatic N) is 1. The average Bonchev–Trinajstić information content (AvgIpc) is 2.15. The summed E-state index contributed by atoms with van der Waals surface area (Å²) in [6.45, 7) is 0.525. The SMILES string of the molecule is N#Cc1cccc(/C=C/CN)c1. The first-order chi connectivity index (χ1) is 5.86. The fraction of sp³-hybridized carbons (Fsp3) is 0.100. The molecule has 60 valence electrons. The second-order valence-corrected chi connectivity index (χ2v) is 2.38. The minimum atomic E-state index is 0.525. The van der Waals surface area contributed by atoms with E-state index >= 15 is 0 Å². The van der Waals surface area contributed by atoms with Crippen molar-refractivity contribution in [2.75, 3.05) is 6.54 Å². The summed E-state index contributed by atoms with van der Waals surface area (Å²) in [6.07, 6.45) is 3.76. The fourth-order valence-electron chi connectivity index (χ4n) is 0.916. The third-order valence-electron chi connectivity index (χ3n) is 1.46. The van der Waals surface area contributed by atoms with Gasteiger partial charge in [-0.05, 0) is 17.7 Å². The predicted octanol–water partition coefficient (Wildman–Crippen LogP) is 1.53. The van der Waals surface area contributed by atoms with Gasteiger partial charge in [0.2, 0.25) is 0 Å². The summed E-state index contributed by atoms with van der Waals surface area (Å²) in [5, 5.41) is 8.59. The zero-order valence-electron chi connectivity index (χ0n) is 6.70. The van der Waals surface area contributed by atoms with Crippen LogP contribution in [0.5, 0.6) is 0 Å². The molecule has 1 rings (SSSR count). The van der Waals surface area contributed by atoms with Gasteiger partial charge in [0.1, 0.15) is 0 Å². The maximum absolute atomic E-state index is 8.59. The largest absolute Gasteiger partial charge is 0.327 e. The lowest BCUT2D eigenvalue weighted by molar-refractivity contribution is 1.26. The highest BCUT2D eigenvalue weighted by Gasteiger charge is 1.89. The van der Waals surface area contributed by atoms with E-state index in [9.17, 15) is 0 Å². The summed E-state index contributed by atoms with van der Waals surface area (Å²) < 4.78 is 0. The van der Waals surface area contributed by atoms with Crippen LogP contribution >= 0.6 is 0 Å². The second kappa shape index (κ2) is 4.32. The normalized spacial score (nSPS) is 10.0. The van der Waals surface area contributed by atoms with E-state index in [0.29, 0.717) is 12.1 Å². The molecule has 2 nitrogen and oxygen atoms in total. The maximum Gasteiger partial charge on any atom is 0.0991 e. The van der Waals surface area contributed by atoms with E-state index in [1.165, 1.54) is 0 Å². The van der Waals surface area contributed by atoms with Gasteiger partial charge in [0, 0.05) is 6.54 Å².